The lowest BCUT2D eigenvalue weighted by atomic mass is 9.85. The Balaban J connectivity index is 2.85. The molecule has 96 valence electrons. The molecular weight excluding hydrogens is 224 g/mol. The van der Waals surface area contributed by atoms with Crippen molar-refractivity contribution in [2.24, 2.45) is 12.8 Å². The Morgan fingerprint density at radius 3 is 2.56 bits per heavy atom. The Morgan fingerprint density at radius 2 is 1.94 bits per heavy atom. The van der Waals surface area contributed by atoms with E-state index in [9.17, 15) is 4.79 Å². The van der Waals surface area contributed by atoms with Crippen LogP contribution in [-0.4, -0.2) is 11.1 Å². The molecule has 2 rings (SSSR count). The van der Waals surface area contributed by atoms with Crippen LogP contribution in [-0.2, 0) is 12.5 Å². The molecule has 0 amide bonds. The summed E-state index contributed by atoms with van der Waals surface area (Å²) in [6.45, 7) is 6.52. The van der Waals surface area contributed by atoms with Crippen molar-refractivity contribution in [3.8, 4) is 0 Å². The van der Waals surface area contributed by atoms with Gasteiger partial charge in [-0.05, 0) is 30.5 Å². The van der Waals surface area contributed by atoms with Crippen molar-refractivity contribution in [2.75, 3.05) is 6.54 Å². The van der Waals surface area contributed by atoms with Crippen molar-refractivity contribution in [2.45, 2.75) is 26.2 Å². The molecule has 0 radical (unpaired) electrons. The molecule has 1 aromatic heterocycles. The Kier molecular flexibility index (Phi) is 3.03. The summed E-state index contributed by atoms with van der Waals surface area (Å²) in [6.07, 6.45) is 0. The van der Waals surface area contributed by atoms with E-state index in [0.29, 0.717) is 6.54 Å². The van der Waals surface area contributed by atoms with Crippen molar-refractivity contribution in [1.82, 2.24) is 4.57 Å². The van der Waals surface area contributed by atoms with E-state index in [1.54, 1.807) is 4.57 Å². The molecule has 0 aliphatic carbocycles. The topological polar surface area (TPSA) is 48.0 Å². The van der Waals surface area contributed by atoms with Crippen molar-refractivity contribution >= 4 is 10.9 Å². The number of aryl methyl sites for hydroxylation is 2. The molecule has 1 aromatic carbocycles. The number of benzene rings is 1. The molecule has 0 spiro atoms. The molecule has 1 heterocycles. The first-order chi connectivity index (χ1) is 8.36. The quantitative estimate of drug-likeness (QED) is 0.879. The van der Waals surface area contributed by atoms with Crippen LogP contribution in [0.1, 0.15) is 25.0 Å². The minimum absolute atomic E-state index is 0.0433. The van der Waals surface area contributed by atoms with Crippen molar-refractivity contribution < 1.29 is 0 Å². The van der Waals surface area contributed by atoms with Crippen LogP contribution < -0.4 is 11.3 Å². The Hall–Kier alpha value is -1.61. The summed E-state index contributed by atoms with van der Waals surface area (Å²) in [5, 5.41) is 1.09. The van der Waals surface area contributed by atoms with Crippen molar-refractivity contribution in [1.29, 1.82) is 0 Å². The zero-order valence-electron chi connectivity index (χ0n) is 11.4. The summed E-state index contributed by atoms with van der Waals surface area (Å²) in [4.78, 5) is 12.4. The van der Waals surface area contributed by atoms with Crippen LogP contribution in [0, 0.1) is 6.92 Å². The first-order valence-electron chi connectivity index (χ1n) is 6.18. The number of hydrogen-bond donors (Lipinski definition) is 1. The molecule has 0 unspecified atom stereocenters. The van der Waals surface area contributed by atoms with Gasteiger partial charge in [0.2, 0.25) is 0 Å². The molecule has 3 nitrogen and oxygen atoms in total. The molecule has 0 aliphatic rings. The highest BCUT2D eigenvalue weighted by Gasteiger charge is 2.23. The summed E-state index contributed by atoms with van der Waals surface area (Å²) in [7, 11) is 1.82. The fourth-order valence-electron chi connectivity index (χ4n) is 2.20. The predicted molar refractivity (Wildman–Crippen MR) is 76.0 cm³/mol. The van der Waals surface area contributed by atoms with Crippen LogP contribution >= 0.6 is 0 Å². The van der Waals surface area contributed by atoms with E-state index in [4.69, 9.17) is 5.73 Å². The van der Waals surface area contributed by atoms with Crippen molar-refractivity contribution in [3.63, 3.8) is 0 Å². The normalized spacial score (nSPS) is 12.1. The number of pyridine rings is 1. The van der Waals surface area contributed by atoms with Gasteiger partial charge in [0.1, 0.15) is 0 Å². The molecule has 18 heavy (non-hydrogen) atoms. The average Bonchev–Trinajstić information content (AvgIpc) is 2.33. The van der Waals surface area contributed by atoms with Gasteiger partial charge in [-0.3, -0.25) is 4.79 Å². The van der Waals surface area contributed by atoms with Gasteiger partial charge in [-0.1, -0.05) is 25.5 Å². The van der Waals surface area contributed by atoms with Crippen LogP contribution in [0.3, 0.4) is 0 Å². The largest absolute Gasteiger partial charge is 0.330 e. The number of rotatable bonds is 2. The lowest BCUT2D eigenvalue weighted by Gasteiger charge is -2.23. The average molecular weight is 244 g/mol. The summed E-state index contributed by atoms with van der Waals surface area (Å²) in [5.74, 6) is 0. The van der Waals surface area contributed by atoms with Gasteiger partial charge < -0.3 is 10.3 Å². The second kappa shape index (κ2) is 4.25. The number of hydrogen-bond acceptors (Lipinski definition) is 2. The third-order valence-electron chi connectivity index (χ3n) is 3.62. The molecule has 0 atom stereocenters. The highest BCUT2D eigenvalue weighted by Crippen LogP contribution is 2.23. The zero-order chi connectivity index (χ0) is 13.5. The summed E-state index contributed by atoms with van der Waals surface area (Å²) < 4.78 is 1.71. The highest BCUT2D eigenvalue weighted by molar-refractivity contribution is 5.80. The van der Waals surface area contributed by atoms with E-state index >= 15 is 0 Å². The smallest absolute Gasteiger partial charge is 0.254 e. The maximum Gasteiger partial charge on any atom is 0.254 e. The molecule has 0 aliphatic heterocycles. The van der Waals surface area contributed by atoms with E-state index in [2.05, 4.69) is 13.0 Å². The maximum atomic E-state index is 12.4. The van der Waals surface area contributed by atoms with Gasteiger partial charge in [0.15, 0.2) is 0 Å². The van der Waals surface area contributed by atoms with Gasteiger partial charge in [0, 0.05) is 24.6 Å². The van der Waals surface area contributed by atoms with Gasteiger partial charge in [-0.25, -0.2) is 0 Å². The van der Waals surface area contributed by atoms with Crippen LogP contribution in [0.2, 0.25) is 0 Å². The van der Waals surface area contributed by atoms with Crippen LogP contribution in [0.4, 0.5) is 0 Å². The molecule has 2 N–H and O–H groups in total. The summed E-state index contributed by atoms with van der Waals surface area (Å²) >= 11 is 0. The standard InChI is InChI=1S/C15H20N2O/c1-10-5-6-13-11(7-10)8-12(14(18)17(13)4)15(2,3)9-16/h5-8H,9,16H2,1-4H3. The first kappa shape index (κ1) is 12.8. The zero-order valence-corrected chi connectivity index (χ0v) is 11.4. The molecule has 0 saturated carbocycles. The molecule has 0 saturated heterocycles. The minimum Gasteiger partial charge on any atom is -0.330 e. The molecule has 0 fully saturated rings. The number of nitrogens with zero attached hydrogens (tertiary/aromatic N) is 1. The predicted octanol–water partition coefficient (Wildman–Crippen LogP) is 2.08. The minimum atomic E-state index is -0.299. The molecular formula is C15H20N2O. The highest BCUT2D eigenvalue weighted by atomic mass is 16.1. The molecule has 3 heteroatoms. The van der Waals surface area contributed by atoms with E-state index in [1.165, 1.54) is 5.56 Å². The van der Waals surface area contributed by atoms with Gasteiger partial charge in [-0.2, -0.15) is 0 Å². The lowest BCUT2D eigenvalue weighted by Crippen LogP contribution is -2.36. The van der Waals surface area contributed by atoms with Crippen LogP contribution in [0.25, 0.3) is 10.9 Å². The Labute approximate surface area is 107 Å². The fourth-order valence-corrected chi connectivity index (χ4v) is 2.20. The molecule has 2 aromatic rings. The second-order valence-electron chi connectivity index (χ2n) is 5.57. The first-order valence-corrected chi connectivity index (χ1v) is 6.18. The van der Waals surface area contributed by atoms with Gasteiger partial charge in [-0.15, -0.1) is 0 Å². The van der Waals surface area contributed by atoms with E-state index in [0.717, 1.165) is 16.5 Å². The summed E-state index contributed by atoms with van der Waals surface area (Å²) in [5.41, 5.74) is 8.46. The Bertz CT molecular complexity index is 653. The number of fused-ring (bicyclic) bond motifs is 1. The lowest BCUT2D eigenvalue weighted by molar-refractivity contribution is 0.529. The number of nitrogens with two attached hydrogens (primary N) is 1. The van der Waals surface area contributed by atoms with Crippen LogP contribution in [0.15, 0.2) is 29.1 Å². The van der Waals surface area contributed by atoms with Gasteiger partial charge >= 0.3 is 0 Å². The SMILES string of the molecule is Cc1ccc2c(c1)cc(C(C)(C)CN)c(=O)n2C. The van der Waals surface area contributed by atoms with Gasteiger partial charge in [0.25, 0.3) is 5.56 Å². The van der Waals surface area contributed by atoms with Crippen molar-refractivity contribution in [3.05, 3.63) is 45.7 Å². The second-order valence-corrected chi connectivity index (χ2v) is 5.57. The van der Waals surface area contributed by atoms with E-state index in [1.807, 2.05) is 39.1 Å². The maximum absolute atomic E-state index is 12.4. The molecule has 0 bridgehead atoms. The van der Waals surface area contributed by atoms with E-state index < -0.39 is 0 Å². The van der Waals surface area contributed by atoms with Gasteiger partial charge in [0.05, 0.1) is 5.52 Å². The fraction of sp³-hybridized carbons (Fsp3) is 0.400. The number of aromatic nitrogens is 1. The third-order valence-corrected chi connectivity index (χ3v) is 3.62. The van der Waals surface area contributed by atoms with Crippen LogP contribution in [0.5, 0.6) is 0 Å². The summed E-state index contributed by atoms with van der Waals surface area (Å²) in [6, 6.07) is 8.10. The monoisotopic (exact) mass is 244 g/mol. The Morgan fingerprint density at radius 1 is 1.28 bits per heavy atom. The third kappa shape index (κ3) is 1.95. The van der Waals surface area contributed by atoms with E-state index in [-0.39, 0.29) is 11.0 Å².